The number of nitrogens with zero attached hydrogens (tertiary/aromatic N) is 3. The van der Waals surface area contributed by atoms with Crippen molar-refractivity contribution in [3.63, 3.8) is 0 Å². The zero-order valence-electron chi connectivity index (χ0n) is 15.7. The van der Waals surface area contributed by atoms with E-state index in [0.29, 0.717) is 12.1 Å². The van der Waals surface area contributed by atoms with Gasteiger partial charge in [0.25, 0.3) is 0 Å². The molecule has 1 aliphatic carbocycles. The molecule has 0 amide bonds. The number of aromatic nitrogens is 2. The first-order valence-corrected chi connectivity index (χ1v) is 9.68. The number of hydrogen-bond donors (Lipinski definition) is 1. The van der Waals surface area contributed by atoms with Gasteiger partial charge in [-0.25, -0.2) is 4.98 Å². The Hall–Kier alpha value is -1.81. The van der Waals surface area contributed by atoms with Gasteiger partial charge in [-0.2, -0.15) is 0 Å². The number of nitrogens with one attached hydrogen (secondary N) is 1. The molecule has 1 unspecified atom stereocenters. The number of imidazole rings is 1. The van der Waals surface area contributed by atoms with Crippen LogP contribution < -0.4 is 10.2 Å². The third-order valence-corrected chi connectivity index (χ3v) is 6.06. The highest BCUT2D eigenvalue weighted by molar-refractivity contribution is 5.56. The van der Waals surface area contributed by atoms with E-state index in [1.807, 2.05) is 6.20 Å². The number of hydrogen-bond acceptors (Lipinski definition) is 3. The van der Waals surface area contributed by atoms with E-state index >= 15 is 0 Å². The van der Waals surface area contributed by atoms with Crippen molar-refractivity contribution in [2.75, 3.05) is 18.0 Å². The minimum Gasteiger partial charge on any atom is -0.371 e. The van der Waals surface area contributed by atoms with Gasteiger partial charge in [0.15, 0.2) is 0 Å². The molecule has 1 aromatic carbocycles. The Morgan fingerprint density at radius 1 is 1.12 bits per heavy atom. The zero-order valence-corrected chi connectivity index (χ0v) is 15.7. The lowest BCUT2D eigenvalue weighted by Gasteiger charge is -2.36. The Bertz CT molecular complexity index is 723. The van der Waals surface area contributed by atoms with Gasteiger partial charge < -0.3 is 14.8 Å². The van der Waals surface area contributed by atoms with E-state index < -0.39 is 0 Å². The molecule has 1 aromatic heterocycles. The molecular weight excluding hydrogens is 308 g/mol. The van der Waals surface area contributed by atoms with Gasteiger partial charge in [-0.15, -0.1) is 0 Å². The third kappa shape index (κ3) is 3.45. The van der Waals surface area contributed by atoms with Crippen LogP contribution in [0.1, 0.15) is 48.7 Å². The van der Waals surface area contributed by atoms with E-state index in [2.05, 4.69) is 65.1 Å². The van der Waals surface area contributed by atoms with Crippen LogP contribution >= 0.6 is 0 Å². The zero-order chi connectivity index (χ0) is 17.4. The summed E-state index contributed by atoms with van der Waals surface area (Å²) in [5.41, 5.74) is 4.24. The van der Waals surface area contributed by atoms with E-state index in [0.717, 1.165) is 19.0 Å². The molecule has 0 spiro atoms. The Morgan fingerprint density at radius 2 is 1.88 bits per heavy atom. The molecule has 4 rings (SSSR count). The Balaban J connectivity index is 1.40. The summed E-state index contributed by atoms with van der Waals surface area (Å²) in [6.07, 6.45) is 9.09. The standard InChI is InChI=1S/C21H30N4/c1-15-5-4-6-19(16(15)2)25-12-9-18(10-13-25)23-20(17-7-8-17)21-22-11-14-24(21)3/h4-6,11,14,17-18,20,23H,7-10,12-13H2,1-3H3. The van der Waals surface area contributed by atoms with Gasteiger partial charge in [-0.05, 0) is 62.6 Å². The van der Waals surface area contributed by atoms with Crippen molar-refractivity contribution in [3.8, 4) is 0 Å². The molecule has 2 fully saturated rings. The molecule has 1 aliphatic heterocycles. The maximum Gasteiger partial charge on any atom is 0.125 e. The summed E-state index contributed by atoms with van der Waals surface area (Å²) >= 11 is 0. The lowest BCUT2D eigenvalue weighted by molar-refractivity contribution is 0.337. The minimum atomic E-state index is 0.428. The third-order valence-electron chi connectivity index (χ3n) is 6.06. The van der Waals surface area contributed by atoms with Crippen molar-refractivity contribution < 1.29 is 0 Å². The highest BCUT2D eigenvalue weighted by Crippen LogP contribution is 2.41. The highest BCUT2D eigenvalue weighted by Gasteiger charge is 2.36. The monoisotopic (exact) mass is 338 g/mol. The molecule has 1 atom stereocenters. The second-order valence-corrected chi connectivity index (χ2v) is 7.86. The fourth-order valence-electron chi connectivity index (χ4n) is 4.15. The van der Waals surface area contributed by atoms with Crippen LogP contribution in [0.25, 0.3) is 0 Å². The molecule has 2 aliphatic rings. The first-order valence-electron chi connectivity index (χ1n) is 9.68. The molecule has 1 N–H and O–H groups in total. The van der Waals surface area contributed by atoms with Crippen molar-refractivity contribution >= 4 is 5.69 Å². The van der Waals surface area contributed by atoms with Gasteiger partial charge in [-0.1, -0.05) is 12.1 Å². The van der Waals surface area contributed by atoms with Gasteiger partial charge in [0, 0.05) is 44.3 Å². The summed E-state index contributed by atoms with van der Waals surface area (Å²) < 4.78 is 2.18. The van der Waals surface area contributed by atoms with Crippen LogP contribution in [0.4, 0.5) is 5.69 Å². The first-order chi connectivity index (χ1) is 12.1. The molecule has 1 saturated heterocycles. The molecule has 2 aromatic rings. The topological polar surface area (TPSA) is 33.1 Å². The van der Waals surface area contributed by atoms with Crippen LogP contribution in [0.2, 0.25) is 0 Å². The second kappa shape index (κ2) is 6.83. The molecular formula is C21H30N4. The van der Waals surface area contributed by atoms with Crippen LogP contribution in [0.5, 0.6) is 0 Å². The largest absolute Gasteiger partial charge is 0.371 e. The Labute approximate surface area is 151 Å². The first kappa shape index (κ1) is 16.6. The average molecular weight is 338 g/mol. The van der Waals surface area contributed by atoms with E-state index in [9.17, 15) is 0 Å². The summed E-state index contributed by atoms with van der Waals surface area (Å²) in [6, 6.07) is 7.70. The van der Waals surface area contributed by atoms with Crippen LogP contribution in [-0.4, -0.2) is 28.7 Å². The van der Waals surface area contributed by atoms with Crippen LogP contribution in [0.3, 0.4) is 0 Å². The molecule has 4 nitrogen and oxygen atoms in total. The molecule has 0 bridgehead atoms. The number of aryl methyl sites for hydroxylation is 2. The number of piperidine rings is 1. The number of benzene rings is 1. The number of rotatable bonds is 5. The van der Waals surface area contributed by atoms with Crippen molar-refractivity contribution in [1.82, 2.24) is 14.9 Å². The normalized spacial score (nSPS) is 20.0. The van der Waals surface area contributed by atoms with Crippen LogP contribution in [0, 0.1) is 19.8 Å². The quantitative estimate of drug-likeness (QED) is 0.901. The molecule has 2 heterocycles. The fourth-order valence-corrected chi connectivity index (χ4v) is 4.15. The minimum absolute atomic E-state index is 0.428. The van der Waals surface area contributed by atoms with Gasteiger partial charge in [0.05, 0.1) is 6.04 Å². The highest BCUT2D eigenvalue weighted by atomic mass is 15.2. The second-order valence-electron chi connectivity index (χ2n) is 7.86. The summed E-state index contributed by atoms with van der Waals surface area (Å²) in [5.74, 6) is 1.98. The van der Waals surface area contributed by atoms with Crippen LogP contribution in [0.15, 0.2) is 30.6 Å². The summed E-state index contributed by atoms with van der Waals surface area (Å²) in [6.45, 7) is 6.74. The van der Waals surface area contributed by atoms with Gasteiger partial charge in [0.1, 0.15) is 5.82 Å². The predicted octanol–water partition coefficient (Wildman–Crippen LogP) is 3.75. The Kier molecular flexibility index (Phi) is 4.55. The Morgan fingerprint density at radius 3 is 2.52 bits per heavy atom. The molecule has 4 heteroatoms. The summed E-state index contributed by atoms with van der Waals surface area (Å²) in [7, 11) is 2.11. The van der Waals surface area contributed by atoms with E-state index in [1.54, 1.807) is 0 Å². The molecule has 1 saturated carbocycles. The maximum atomic E-state index is 4.62. The van der Waals surface area contributed by atoms with Crippen molar-refractivity contribution in [2.45, 2.75) is 51.6 Å². The van der Waals surface area contributed by atoms with Gasteiger partial charge in [0.2, 0.25) is 0 Å². The maximum absolute atomic E-state index is 4.62. The van der Waals surface area contributed by atoms with E-state index in [-0.39, 0.29) is 0 Å². The number of anilines is 1. The molecule has 25 heavy (non-hydrogen) atoms. The molecule has 0 radical (unpaired) electrons. The smallest absolute Gasteiger partial charge is 0.125 e. The van der Waals surface area contributed by atoms with E-state index in [4.69, 9.17) is 0 Å². The van der Waals surface area contributed by atoms with Crippen molar-refractivity contribution in [3.05, 3.63) is 47.5 Å². The summed E-state index contributed by atoms with van der Waals surface area (Å²) in [5, 5.41) is 3.95. The predicted molar refractivity (Wildman–Crippen MR) is 103 cm³/mol. The van der Waals surface area contributed by atoms with Gasteiger partial charge >= 0.3 is 0 Å². The van der Waals surface area contributed by atoms with Crippen LogP contribution in [-0.2, 0) is 7.05 Å². The van der Waals surface area contributed by atoms with Crippen molar-refractivity contribution in [1.29, 1.82) is 0 Å². The average Bonchev–Trinajstić information content (AvgIpc) is 3.37. The summed E-state index contributed by atoms with van der Waals surface area (Å²) in [4.78, 5) is 7.18. The molecule has 134 valence electrons. The fraction of sp³-hybridized carbons (Fsp3) is 0.571. The lowest BCUT2D eigenvalue weighted by atomic mass is 10.00. The lowest BCUT2D eigenvalue weighted by Crippen LogP contribution is -2.44. The van der Waals surface area contributed by atoms with Crippen molar-refractivity contribution in [2.24, 2.45) is 13.0 Å². The van der Waals surface area contributed by atoms with E-state index in [1.165, 1.54) is 48.3 Å². The SMILES string of the molecule is Cc1cccc(N2CCC(NC(c3nccn3C)C3CC3)CC2)c1C. The van der Waals surface area contributed by atoms with Gasteiger partial charge in [-0.3, -0.25) is 0 Å².